The Balaban J connectivity index is 3.13. The lowest BCUT2D eigenvalue weighted by Gasteiger charge is -2.20. The third-order valence-corrected chi connectivity index (χ3v) is 2.22. The summed E-state index contributed by atoms with van der Waals surface area (Å²) in [7, 11) is 0. The van der Waals surface area contributed by atoms with E-state index in [1.54, 1.807) is 0 Å². The van der Waals surface area contributed by atoms with Gasteiger partial charge < -0.3 is 0 Å². The van der Waals surface area contributed by atoms with E-state index in [0.29, 0.717) is 5.15 Å². The van der Waals surface area contributed by atoms with Crippen LogP contribution in [0.5, 0.6) is 0 Å². The molecule has 0 aliphatic rings. The predicted octanol–water partition coefficient (Wildman–Crippen LogP) is 2.90. The van der Waals surface area contributed by atoms with E-state index in [-0.39, 0.29) is 5.54 Å². The molecule has 0 atom stereocenters. The zero-order valence-corrected chi connectivity index (χ0v) is 9.64. The zero-order chi connectivity index (χ0) is 8.65. The molecule has 1 rings (SSSR count). The fourth-order valence-corrected chi connectivity index (χ4v) is 2.29. The van der Waals surface area contributed by atoms with Crippen molar-refractivity contribution in [2.24, 2.45) is 0 Å². The largest absolute Gasteiger partial charge is 0.253 e. The van der Waals surface area contributed by atoms with E-state index in [1.807, 2.05) is 10.7 Å². The van der Waals surface area contributed by atoms with E-state index in [2.05, 4.69) is 48.5 Å². The van der Waals surface area contributed by atoms with Gasteiger partial charge in [-0.2, -0.15) is 5.10 Å². The number of hydrogen-bond acceptors (Lipinski definition) is 1. The van der Waals surface area contributed by atoms with Crippen LogP contribution in [-0.2, 0) is 5.54 Å². The Bertz CT molecular complexity index is 262. The molecule has 0 aliphatic heterocycles. The maximum Gasteiger partial charge on any atom is 0.152 e. The lowest BCUT2D eigenvalue weighted by Crippen LogP contribution is -2.24. The normalized spacial score (nSPS) is 12.1. The van der Waals surface area contributed by atoms with Crippen molar-refractivity contribution in [3.63, 3.8) is 0 Å². The maximum absolute atomic E-state index is 5.73. The van der Waals surface area contributed by atoms with E-state index >= 15 is 0 Å². The quantitative estimate of drug-likeness (QED) is 0.670. The van der Waals surface area contributed by atoms with Crippen LogP contribution in [0.1, 0.15) is 20.8 Å². The number of aromatic nitrogens is 2. The molecule has 0 bridgehead atoms. The Kier molecular flexibility index (Phi) is 2.49. The maximum atomic E-state index is 5.73. The Morgan fingerprint density at radius 3 is 2.27 bits per heavy atom. The number of rotatable bonds is 0. The zero-order valence-electron chi connectivity index (χ0n) is 6.73. The molecule has 0 amide bonds. The highest BCUT2D eigenvalue weighted by Crippen LogP contribution is 2.20. The van der Waals surface area contributed by atoms with E-state index in [1.165, 1.54) is 0 Å². The van der Waals surface area contributed by atoms with Gasteiger partial charge in [-0.3, -0.25) is 4.68 Å². The fraction of sp³-hybridized carbons (Fsp3) is 0.571. The molecule has 0 fully saturated rings. The Morgan fingerprint density at radius 2 is 2.09 bits per heavy atom. The van der Waals surface area contributed by atoms with E-state index in [9.17, 15) is 0 Å². The molecule has 0 spiro atoms. The van der Waals surface area contributed by atoms with Gasteiger partial charge in [0.15, 0.2) is 5.15 Å². The SMILES string of the molecule is CC(C)(C)n1nc(Cl)cc1I. The molecule has 0 N–H and O–H groups in total. The average molecular weight is 285 g/mol. The van der Waals surface area contributed by atoms with Gasteiger partial charge in [0.05, 0.1) is 5.54 Å². The van der Waals surface area contributed by atoms with Crippen LogP contribution in [0.3, 0.4) is 0 Å². The first kappa shape index (κ1) is 9.32. The van der Waals surface area contributed by atoms with Crippen molar-refractivity contribution in [1.82, 2.24) is 9.78 Å². The summed E-state index contributed by atoms with van der Waals surface area (Å²) >= 11 is 7.96. The topological polar surface area (TPSA) is 17.8 Å². The summed E-state index contributed by atoms with van der Waals surface area (Å²) in [5.41, 5.74) is 0.0175. The Hall–Kier alpha value is 0.230. The monoisotopic (exact) mass is 284 g/mol. The molecule has 0 radical (unpaired) electrons. The van der Waals surface area contributed by atoms with Crippen molar-refractivity contribution in [2.75, 3.05) is 0 Å². The summed E-state index contributed by atoms with van der Waals surface area (Å²) in [6.07, 6.45) is 0. The molecule has 1 aromatic rings. The minimum absolute atomic E-state index is 0.0175. The molecule has 62 valence electrons. The first-order valence-corrected chi connectivity index (χ1v) is 4.78. The van der Waals surface area contributed by atoms with Crippen molar-refractivity contribution in [2.45, 2.75) is 26.3 Å². The van der Waals surface area contributed by atoms with Gasteiger partial charge in [0, 0.05) is 6.07 Å². The molecular weight excluding hydrogens is 274 g/mol. The van der Waals surface area contributed by atoms with Crippen LogP contribution in [0.25, 0.3) is 0 Å². The molecule has 0 aliphatic carbocycles. The van der Waals surface area contributed by atoms with E-state index in [0.717, 1.165) is 3.70 Å². The van der Waals surface area contributed by atoms with Crippen LogP contribution in [-0.4, -0.2) is 9.78 Å². The lowest BCUT2D eigenvalue weighted by molar-refractivity contribution is 0.348. The standard InChI is InChI=1S/C7H10ClIN2/c1-7(2,3)11-6(9)4-5(8)10-11/h4H,1-3H3. The van der Waals surface area contributed by atoms with Crippen LogP contribution >= 0.6 is 34.2 Å². The summed E-state index contributed by atoms with van der Waals surface area (Å²) in [5, 5.41) is 4.72. The molecular formula is C7H10ClIN2. The van der Waals surface area contributed by atoms with Crippen LogP contribution in [0.4, 0.5) is 0 Å². The summed E-state index contributed by atoms with van der Waals surface area (Å²) in [6.45, 7) is 6.29. The molecule has 2 nitrogen and oxygen atoms in total. The van der Waals surface area contributed by atoms with Gasteiger partial charge in [-0.25, -0.2) is 0 Å². The van der Waals surface area contributed by atoms with Gasteiger partial charge in [0.25, 0.3) is 0 Å². The fourth-order valence-electron chi connectivity index (χ4n) is 0.802. The molecule has 0 unspecified atom stereocenters. The minimum Gasteiger partial charge on any atom is -0.253 e. The van der Waals surface area contributed by atoms with Crippen LogP contribution < -0.4 is 0 Å². The minimum atomic E-state index is 0.0175. The first-order valence-electron chi connectivity index (χ1n) is 3.33. The van der Waals surface area contributed by atoms with Crippen molar-refractivity contribution in [3.05, 3.63) is 14.9 Å². The molecule has 0 saturated heterocycles. The smallest absolute Gasteiger partial charge is 0.152 e. The molecule has 11 heavy (non-hydrogen) atoms. The molecule has 1 heterocycles. The van der Waals surface area contributed by atoms with E-state index in [4.69, 9.17) is 11.6 Å². The van der Waals surface area contributed by atoms with Crippen molar-refractivity contribution in [3.8, 4) is 0 Å². The highest BCUT2D eigenvalue weighted by atomic mass is 127. The average Bonchev–Trinajstić information content (AvgIpc) is 2.08. The summed E-state index contributed by atoms with van der Waals surface area (Å²) < 4.78 is 2.98. The van der Waals surface area contributed by atoms with E-state index < -0.39 is 0 Å². The lowest BCUT2D eigenvalue weighted by atomic mass is 10.1. The van der Waals surface area contributed by atoms with Gasteiger partial charge in [0.1, 0.15) is 3.70 Å². The van der Waals surface area contributed by atoms with Crippen LogP contribution in [0.15, 0.2) is 6.07 Å². The highest BCUT2D eigenvalue weighted by molar-refractivity contribution is 14.1. The second-order valence-corrected chi connectivity index (χ2v) is 4.86. The van der Waals surface area contributed by atoms with Crippen LogP contribution in [0.2, 0.25) is 5.15 Å². The van der Waals surface area contributed by atoms with Crippen LogP contribution in [0, 0.1) is 3.70 Å². The van der Waals surface area contributed by atoms with Crippen molar-refractivity contribution >= 4 is 34.2 Å². The first-order chi connectivity index (χ1) is 4.91. The predicted molar refractivity (Wildman–Crippen MR) is 55.0 cm³/mol. The second-order valence-electron chi connectivity index (χ2n) is 3.37. The Labute approximate surface area is 85.1 Å². The summed E-state index contributed by atoms with van der Waals surface area (Å²) in [4.78, 5) is 0. The summed E-state index contributed by atoms with van der Waals surface area (Å²) in [5.74, 6) is 0. The third-order valence-electron chi connectivity index (χ3n) is 1.27. The molecule has 0 saturated carbocycles. The third kappa shape index (κ3) is 2.08. The van der Waals surface area contributed by atoms with Crippen molar-refractivity contribution < 1.29 is 0 Å². The van der Waals surface area contributed by atoms with Gasteiger partial charge >= 0.3 is 0 Å². The number of hydrogen-bond donors (Lipinski definition) is 0. The van der Waals surface area contributed by atoms with Gasteiger partial charge in [-0.1, -0.05) is 11.6 Å². The number of halogens is 2. The molecule has 1 aromatic heterocycles. The highest BCUT2D eigenvalue weighted by Gasteiger charge is 2.17. The van der Waals surface area contributed by atoms with Crippen molar-refractivity contribution in [1.29, 1.82) is 0 Å². The van der Waals surface area contributed by atoms with Gasteiger partial charge in [-0.05, 0) is 43.4 Å². The second kappa shape index (κ2) is 2.94. The summed E-state index contributed by atoms with van der Waals surface area (Å²) in [6, 6.07) is 1.85. The van der Waals surface area contributed by atoms with Gasteiger partial charge in [-0.15, -0.1) is 0 Å². The van der Waals surface area contributed by atoms with Gasteiger partial charge in [0.2, 0.25) is 0 Å². The molecule has 0 aromatic carbocycles. The molecule has 4 heteroatoms. The Morgan fingerprint density at radius 1 is 1.55 bits per heavy atom. The number of nitrogens with zero attached hydrogens (tertiary/aromatic N) is 2.